The maximum absolute atomic E-state index is 13.6. The Morgan fingerprint density at radius 2 is 1.71 bits per heavy atom. The standard InChI is InChI=1S/C28H38FN5O8/c1-27(2,3)41-23(36)14-21(22(35)15-29)31-25(37)19-16-30-20-13-17(34(39)40)7-8-18(20)24(19)32-9-11-33(12-10-32)26(38)42-28(4,5)6/h7-8,13,16,21-22,35H,9-12,14-15H2,1-6H3,(H,31,37). The highest BCUT2D eigenvalue weighted by Crippen LogP contribution is 2.33. The van der Waals surface area contributed by atoms with Crippen LogP contribution in [-0.4, -0.2) is 94.1 Å². The van der Waals surface area contributed by atoms with Crippen molar-refractivity contribution in [2.24, 2.45) is 0 Å². The van der Waals surface area contributed by atoms with Crippen LogP contribution in [0.5, 0.6) is 0 Å². The first-order valence-corrected chi connectivity index (χ1v) is 13.6. The molecule has 1 saturated heterocycles. The number of aliphatic hydroxyl groups excluding tert-OH is 1. The summed E-state index contributed by atoms with van der Waals surface area (Å²) < 4.78 is 24.2. The number of nitrogens with zero attached hydrogens (tertiary/aromatic N) is 4. The molecular formula is C28H38FN5O8. The Balaban J connectivity index is 1.96. The number of amides is 2. The summed E-state index contributed by atoms with van der Waals surface area (Å²) in [5, 5.41) is 24.6. The first kappa shape index (κ1) is 32.4. The summed E-state index contributed by atoms with van der Waals surface area (Å²) in [7, 11) is 0. The molecule has 2 atom stereocenters. The first-order valence-electron chi connectivity index (χ1n) is 13.6. The fourth-order valence-corrected chi connectivity index (χ4v) is 4.43. The molecule has 3 rings (SSSR count). The molecule has 0 bridgehead atoms. The van der Waals surface area contributed by atoms with E-state index in [0.29, 0.717) is 24.2 Å². The van der Waals surface area contributed by atoms with Gasteiger partial charge in [0.25, 0.3) is 11.6 Å². The number of nitro benzene ring substituents is 1. The van der Waals surface area contributed by atoms with Crippen LogP contribution >= 0.6 is 0 Å². The lowest BCUT2D eigenvalue weighted by atomic mass is 10.0. The number of halogens is 1. The van der Waals surface area contributed by atoms with E-state index < -0.39 is 59.3 Å². The number of hydrogen-bond donors (Lipinski definition) is 2. The smallest absolute Gasteiger partial charge is 0.410 e. The number of nitro groups is 1. The van der Waals surface area contributed by atoms with E-state index in [1.165, 1.54) is 24.4 Å². The predicted molar refractivity (Wildman–Crippen MR) is 152 cm³/mol. The van der Waals surface area contributed by atoms with Gasteiger partial charge in [-0.1, -0.05) is 0 Å². The minimum absolute atomic E-state index is 0.0438. The normalized spacial score (nSPS) is 15.6. The molecule has 1 aromatic carbocycles. The average Bonchev–Trinajstić information content (AvgIpc) is 2.89. The van der Waals surface area contributed by atoms with Gasteiger partial charge in [-0.3, -0.25) is 24.7 Å². The van der Waals surface area contributed by atoms with E-state index in [4.69, 9.17) is 9.47 Å². The number of fused-ring (bicyclic) bond motifs is 1. The van der Waals surface area contributed by atoms with Crippen LogP contribution in [0.25, 0.3) is 10.9 Å². The fraction of sp³-hybridized carbons (Fsp3) is 0.571. The second kappa shape index (κ2) is 12.8. The van der Waals surface area contributed by atoms with Crippen LogP contribution in [0.1, 0.15) is 58.3 Å². The van der Waals surface area contributed by atoms with Crippen LogP contribution in [0.2, 0.25) is 0 Å². The van der Waals surface area contributed by atoms with E-state index in [2.05, 4.69) is 10.3 Å². The zero-order chi connectivity index (χ0) is 31.4. The van der Waals surface area contributed by atoms with Gasteiger partial charge in [-0.15, -0.1) is 0 Å². The van der Waals surface area contributed by atoms with E-state index in [-0.39, 0.29) is 29.9 Å². The summed E-state index contributed by atoms with van der Waals surface area (Å²) >= 11 is 0. The molecule has 1 aliphatic heterocycles. The molecule has 0 aliphatic carbocycles. The number of carbonyl (C=O) groups excluding carboxylic acids is 3. The van der Waals surface area contributed by atoms with Gasteiger partial charge >= 0.3 is 12.1 Å². The number of carbonyl (C=O) groups is 3. The van der Waals surface area contributed by atoms with E-state index >= 15 is 0 Å². The van der Waals surface area contributed by atoms with E-state index in [9.17, 15) is 34.0 Å². The largest absolute Gasteiger partial charge is 0.460 e. The topological polar surface area (TPSA) is 164 Å². The molecule has 2 N–H and O–H groups in total. The molecule has 14 heteroatoms. The van der Waals surface area contributed by atoms with Crippen molar-refractivity contribution in [3.63, 3.8) is 0 Å². The minimum Gasteiger partial charge on any atom is -0.460 e. The molecule has 0 radical (unpaired) electrons. The van der Waals surface area contributed by atoms with Crippen LogP contribution in [0.4, 0.5) is 20.6 Å². The van der Waals surface area contributed by atoms with Gasteiger partial charge in [0, 0.05) is 49.9 Å². The van der Waals surface area contributed by atoms with Gasteiger partial charge in [0.15, 0.2) is 0 Å². The Bertz CT molecular complexity index is 1330. The van der Waals surface area contributed by atoms with Crippen molar-refractivity contribution in [3.05, 3.63) is 40.1 Å². The van der Waals surface area contributed by atoms with Crippen LogP contribution in [0.3, 0.4) is 0 Å². The van der Waals surface area contributed by atoms with Gasteiger partial charge < -0.3 is 29.7 Å². The van der Waals surface area contributed by atoms with Crippen molar-refractivity contribution < 1.29 is 38.3 Å². The van der Waals surface area contributed by atoms with Gasteiger partial charge in [0.05, 0.1) is 34.2 Å². The number of non-ortho nitro benzene ring substituents is 1. The molecule has 0 saturated carbocycles. The maximum atomic E-state index is 13.6. The van der Waals surface area contributed by atoms with E-state index in [1.54, 1.807) is 46.4 Å². The van der Waals surface area contributed by atoms with Crippen molar-refractivity contribution in [1.29, 1.82) is 0 Å². The zero-order valence-electron chi connectivity index (χ0n) is 24.7. The molecule has 1 aromatic heterocycles. The lowest BCUT2D eigenvalue weighted by Crippen LogP contribution is -2.51. The number of rotatable bonds is 8. The summed E-state index contributed by atoms with van der Waals surface area (Å²) in [5.41, 5.74) is -0.985. The third-order valence-electron chi connectivity index (χ3n) is 6.27. The number of hydrogen-bond acceptors (Lipinski definition) is 10. The van der Waals surface area contributed by atoms with Gasteiger partial charge in [-0.25, -0.2) is 9.18 Å². The highest BCUT2D eigenvalue weighted by Gasteiger charge is 2.32. The number of nitrogens with one attached hydrogen (secondary N) is 1. The number of esters is 1. The molecule has 13 nitrogen and oxygen atoms in total. The highest BCUT2D eigenvalue weighted by molar-refractivity contribution is 6.08. The molecule has 2 aromatic rings. The maximum Gasteiger partial charge on any atom is 0.410 e. The van der Waals surface area contributed by atoms with Crippen molar-refractivity contribution in [2.75, 3.05) is 37.8 Å². The summed E-state index contributed by atoms with van der Waals surface area (Å²) in [4.78, 5) is 57.1. The van der Waals surface area contributed by atoms with Crippen molar-refractivity contribution in [3.8, 4) is 0 Å². The minimum atomic E-state index is -1.68. The Labute approximate surface area is 243 Å². The SMILES string of the molecule is CC(C)(C)OC(=O)CC(NC(=O)c1cnc2cc([N+](=O)[O-])ccc2c1N1CCN(C(=O)OC(C)(C)C)CC1)C(O)CF. The second-order valence-electron chi connectivity index (χ2n) is 12.0. The molecule has 1 aliphatic rings. The van der Waals surface area contributed by atoms with Gasteiger partial charge in [0.1, 0.15) is 24.0 Å². The molecule has 2 unspecified atom stereocenters. The van der Waals surface area contributed by atoms with Crippen LogP contribution < -0.4 is 10.2 Å². The Kier molecular flexibility index (Phi) is 9.92. The highest BCUT2D eigenvalue weighted by atomic mass is 19.1. The molecule has 2 heterocycles. The van der Waals surface area contributed by atoms with Gasteiger partial charge in [0.2, 0.25) is 0 Å². The van der Waals surface area contributed by atoms with E-state index in [1.807, 2.05) is 4.90 Å². The van der Waals surface area contributed by atoms with Crippen molar-refractivity contribution in [1.82, 2.24) is 15.2 Å². The number of alkyl halides is 1. The van der Waals surface area contributed by atoms with Crippen LogP contribution in [-0.2, 0) is 14.3 Å². The van der Waals surface area contributed by atoms with Gasteiger partial charge in [-0.05, 0) is 47.6 Å². The number of anilines is 1. The predicted octanol–water partition coefficient (Wildman–Crippen LogP) is 3.36. The number of piperazine rings is 1. The Hall–Kier alpha value is -4.07. The third-order valence-corrected chi connectivity index (χ3v) is 6.27. The third kappa shape index (κ3) is 8.47. The number of ether oxygens (including phenoxy) is 2. The molecule has 2 amide bonds. The molecular weight excluding hydrogens is 553 g/mol. The number of pyridine rings is 1. The molecule has 42 heavy (non-hydrogen) atoms. The zero-order valence-corrected chi connectivity index (χ0v) is 24.7. The summed E-state index contributed by atoms with van der Waals surface area (Å²) in [5.74, 6) is -1.48. The van der Waals surface area contributed by atoms with Crippen LogP contribution in [0, 0.1) is 10.1 Å². The first-order chi connectivity index (χ1) is 19.5. The van der Waals surface area contributed by atoms with Crippen molar-refractivity contribution >= 4 is 40.2 Å². The summed E-state index contributed by atoms with van der Waals surface area (Å²) in [6.07, 6.45) is -1.40. The lowest BCUT2D eigenvalue weighted by Gasteiger charge is -2.37. The Morgan fingerprint density at radius 1 is 1.10 bits per heavy atom. The van der Waals surface area contributed by atoms with Gasteiger partial charge in [-0.2, -0.15) is 0 Å². The van der Waals surface area contributed by atoms with Crippen molar-refractivity contribution in [2.45, 2.75) is 71.3 Å². The molecule has 0 spiro atoms. The van der Waals surface area contributed by atoms with Crippen LogP contribution in [0.15, 0.2) is 24.4 Å². The fourth-order valence-electron chi connectivity index (χ4n) is 4.43. The Morgan fingerprint density at radius 3 is 2.26 bits per heavy atom. The molecule has 1 fully saturated rings. The number of aliphatic hydroxyl groups is 1. The number of aromatic nitrogens is 1. The van der Waals surface area contributed by atoms with E-state index in [0.717, 1.165) is 0 Å². The second-order valence-corrected chi connectivity index (χ2v) is 12.0. The number of benzene rings is 1. The molecule has 230 valence electrons. The summed E-state index contributed by atoms with van der Waals surface area (Å²) in [6, 6.07) is 2.77. The summed E-state index contributed by atoms with van der Waals surface area (Å²) in [6.45, 7) is 10.2. The quantitative estimate of drug-likeness (QED) is 0.264. The lowest BCUT2D eigenvalue weighted by molar-refractivity contribution is -0.384. The monoisotopic (exact) mass is 591 g/mol. The average molecular weight is 592 g/mol.